The van der Waals surface area contributed by atoms with Gasteiger partial charge in [0.1, 0.15) is 0 Å². The van der Waals surface area contributed by atoms with Crippen LogP contribution in [0, 0.1) is 13.8 Å². The second-order valence-electron chi connectivity index (χ2n) is 5.90. The molecule has 23 heavy (non-hydrogen) atoms. The molecule has 0 spiro atoms. The number of halogens is 1. The van der Waals surface area contributed by atoms with E-state index in [1.807, 2.05) is 19.9 Å². The Morgan fingerprint density at radius 2 is 1.74 bits per heavy atom. The minimum atomic E-state index is 0.499. The van der Waals surface area contributed by atoms with Gasteiger partial charge in [0.05, 0.1) is 5.69 Å². The summed E-state index contributed by atoms with van der Waals surface area (Å²) in [5.74, 6) is 1.26. The van der Waals surface area contributed by atoms with E-state index in [9.17, 15) is 0 Å². The topological polar surface area (TPSA) is 29.0 Å². The van der Waals surface area contributed by atoms with Crippen molar-refractivity contribution in [3.63, 3.8) is 0 Å². The van der Waals surface area contributed by atoms with Crippen molar-refractivity contribution in [1.82, 2.24) is 9.97 Å². The summed E-state index contributed by atoms with van der Waals surface area (Å²) in [5.41, 5.74) is 4.47. The highest BCUT2D eigenvalue weighted by Crippen LogP contribution is 2.40. The molecule has 0 aliphatic heterocycles. The van der Waals surface area contributed by atoms with E-state index >= 15 is 0 Å². The first-order chi connectivity index (χ1) is 10.9. The van der Waals surface area contributed by atoms with Gasteiger partial charge >= 0.3 is 0 Å². The molecule has 0 atom stereocenters. The van der Waals surface area contributed by atoms with Crippen molar-refractivity contribution in [3.8, 4) is 0 Å². The highest BCUT2D eigenvalue weighted by atomic mass is 79.9. The van der Waals surface area contributed by atoms with Crippen LogP contribution in [0.1, 0.15) is 43.6 Å². The molecule has 0 fully saturated rings. The van der Waals surface area contributed by atoms with Crippen LogP contribution in [0.2, 0.25) is 0 Å². The summed E-state index contributed by atoms with van der Waals surface area (Å²) in [7, 11) is 0. The number of nitrogens with zero attached hydrogens (tertiary/aromatic N) is 3. The molecule has 0 amide bonds. The van der Waals surface area contributed by atoms with Gasteiger partial charge in [0, 0.05) is 27.3 Å². The summed E-state index contributed by atoms with van der Waals surface area (Å²) in [6, 6.07) is 6.50. The molecule has 0 saturated heterocycles. The second kappa shape index (κ2) is 7.67. The number of hydrogen-bond acceptors (Lipinski definition) is 4. The maximum atomic E-state index is 4.64. The molecule has 0 radical (unpaired) electrons. The van der Waals surface area contributed by atoms with Crippen LogP contribution in [0.5, 0.6) is 0 Å². The van der Waals surface area contributed by atoms with E-state index in [2.05, 4.69) is 70.0 Å². The van der Waals surface area contributed by atoms with E-state index in [1.54, 1.807) is 11.8 Å². The highest BCUT2D eigenvalue weighted by molar-refractivity contribution is 9.10. The number of rotatable bonds is 5. The van der Waals surface area contributed by atoms with E-state index in [-0.39, 0.29) is 0 Å². The first-order valence-electron chi connectivity index (χ1n) is 7.84. The van der Waals surface area contributed by atoms with Gasteiger partial charge in [-0.25, -0.2) is 9.97 Å². The Labute approximate surface area is 152 Å². The van der Waals surface area contributed by atoms with Gasteiger partial charge < -0.3 is 4.90 Å². The fourth-order valence-electron chi connectivity index (χ4n) is 2.57. The number of hydrogen-bond donors (Lipinski definition) is 0. The Hall–Kier alpha value is -1.07. The number of aromatic nitrogens is 2. The molecule has 0 bridgehead atoms. The summed E-state index contributed by atoms with van der Waals surface area (Å²) in [6.45, 7) is 11.4. The molecular formula is C18H24BrN3S. The van der Waals surface area contributed by atoms with Gasteiger partial charge in [-0.2, -0.15) is 0 Å². The quantitative estimate of drug-likeness (QED) is 0.594. The molecule has 0 N–H and O–H groups in total. The van der Waals surface area contributed by atoms with Gasteiger partial charge in [-0.1, -0.05) is 13.8 Å². The highest BCUT2D eigenvalue weighted by Gasteiger charge is 2.19. The maximum Gasteiger partial charge on any atom is 0.230 e. The average molecular weight is 394 g/mol. The summed E-state index contributed by atoms with van der Waals surface area (Å²) >= 11 is 5.53. The van der Waals surface area contributed by atoms with Crippen molar-refractivity contribution >= 4 is 39.3 Å². The lowest BCUT2D eigenvalue weighted by molar-refractivity contribution is 0.855. The number of anilines is 2. The second-order valence-corrected chi connectivity index (χ2v) is 7.61. The van der Waals surface area contributed by atoms with E-state index < -0.39 is 0 Å². The summed E-state index contributed by atoms with van der Waals surface area (Å²) in [5, 5.41) is 0. The molecule has 3 nitrogen and oxygen atoms in total. The minimum Gasteiger partial charge on any atom is -0.309 e. The first-order valence-corrected chi connectivity index (χ1v) is 9.86. The van der Waals surface area contributed by atoms with E-state index in [4.69, 9.17) is 0 Å². The lowest BCUT2D eigenvalue weighted by Crippen LogP contribution is -2.21. The van der Waals surface area contributed by atoms with Gasteiger partial charge in [-0.15, -0.1) is 11.8 Å². The molecule has 2 aromatic rings. The Morgan fingerprint density at radius 1 is 1.13 bits per heavy atom. The summed E-state index contributed by atoms with van der Waals surface area (Å²) in [6.07, 6.45) is 2.12. The normalized spacial score (nSPS) is 11.1. The summed E-state index contributed by atoms with van der Waals surface area (Å²) in [4.78, 5) is 12.7. The smallest absolute Gasteiger partial charge is 0.230 e. The van der Waals surface area contributed by atoms with E-state index in [0.717, 1.165) is 34.0 Å². The number of benzene rings is 1. The predicted molar refractivity (Wildman–Crippen MR) is 104 cm³/mol. The minimum absolute atomic E-state index is 0.499. The van der Waals surface area contributed by atoms with E-state index in [0.29, 0.717) is 5.92 Å². The van der Waals surface area contributed by atoms with Crippen molar-refractivity contribution in [2.24, 2.45) is 0 Å². The molecule has 1 heterocycles. The molecule has 124 valence electrons. The van der Waals surface area contributed by atoms with Crippen molar-refractivity contribution < 1.29 is 0 Å². The third-order valence-corrected chi connectivity index (χ3v) is 5.09. The van der Waals surface area contributed by atoms with Crippen LogP contribution in [0.4, 0.5) is 11.6 Å². The van der Waals surface area contributed by atoms with Crippen molar-refractivity contribution in [2.45, 2.75) is 45.4 Å². The number of thioether (sulfide) groups is 1. The zero-order valence-corrected chi connectivity index (χ0v) is 17.0. The average Bonchev–Trinajstić information content (AvgIpc) is 2.48. The Balaban J connectivity index is 2.61. The molecule has 1 aromatic carbocycles. The number of aryl methyl sites for hydroxylation is 2. The lowest BCUT2D eigenvalue weighted by atomic mass is 10.0. The fourth-order valence-corrected chi connectivity index (χ4v) is 4.06. The van der Waals surface area contributed by atoms with E-state index in [1.165, 1.54) is 10.5 Å². The Morgan fingerprint density at radius 3 is 2.22 bits per heavy atom. The monoisotopic (exact) mass is 393 g/mol. The molecular weight excluding hydrogens is 370 g/mol. The van der Waals surface area contributed by atoms with Gasteiger partial charge in [0.15, 0.2) is 0 Å². The molecule has 0 unspecified atom stereocenters. The van der Waals surface area contributed by atoms with Crippen molar-refractivity contribution in [3.05, 3.63) is 39.6 Å². The SMILES string of the molecule is CCN(c1nc(C)cc(C)n1)c1c(Br)cc(C(C)C)cc1SC. The van der Waals surface area contributed by atoms with Crippen LogP contribution < -0.4 is 4.90 Å². The molecule has 0 aliphatic carbocycles. The van der Waals surface area contributed by atoms with Crippen LogP contribution in [0.15, 0.2) is 27.6 Å². The standard InChI is InChI=1S/C18H24BrN3S/c1-7-22(18-20-12(4)8-13(5)21-18)17-15(19)9-14(11(2)3)10-16(17)23-6/h8-11H,7H2,1-6H3. The zero-order valence-electron chi connectivity index (χ0n) is 14.6. The first kappa shape index (κ1) is 18.3. The van der Waals surface area contributed by atoms with Crippen LogP contribution in [-0.4, -0.2) is 22.8 Å². The third kappa shape index (κ3) is 4.07. The Kier molecular flexibility index (Phi) is 6.09. The van der Waals surface area contributed by atoms with Crippen LogP contribution >= 0.6 is 27.7 Å². The van der Waals surface area contributed by atoms with Gasteiger partial charge in [-0.05, 0) is 72.6 Å². The van der Waals surface area contributed by atoms with Gasteiger partial charge in [-0.3, -0.25) is 0 Å². The zero-order chi connectivity index (χ0) is 17.1. The molecule has 0 saturated carbocycles. The van der Waals surface area contributed by atoms with Gasteiger partial charge in [0.2, 0.25) is 5.95 Å². The fraction of sp³-hybridized carbons (Fsp3) is 0.444. The third-order valence-electron chi connectivity index (χ3n) is 3.74. The van der Waals surface area contributed by atoms with Crippen LogP contribution in [0.3, 0.4) is 0 Å². The predicted octanol–water partition coefficient (Wildman–Crippen LogP) is 5.86. The molecule has 0 aliphatic rings. The van der Waals surface area contributed by atoms with Crippen LogP contribution in [0.25, 0.3) is 0 Å². The Bertz CT molecular complexity index is 681. The van der Waals surface area contributed by atoms with Crippen molar-refractivity contribution in [1.29, 1.82) is 0 Å². The van der Waals surface area contributed by atoms with Gasteiger partial charge in [0.25, 0.3) is 0 Å². The summed E-state index contributed by atoms with van der Waals surface area (Å²) < 4.78 is 1.10. The largest absolute Gasteiger partial charge is 0.309 e. The molecule has 2 rings (SSSR count). The van der Waals surface area contributed by atoms with Crippen molar-refractivity contribution in [2.75, 3.05) is 17.7 Å². The van der Waals surface area contributed by atoms with Crippen LogP contribution in [-0.2, 0) is 0 Å². The molecule has 1 aromatic heterocycles. The lowest BCUT2D eigenvalue weighted by Gasteiger charge is -2.26. The maximum absolute atomic E-state index is 4.64. The molecule has 5 heteroatoms.